The van der Waals surface area contributed by atoms with Gasteiger partial charge in [0.05, 0.1) is 6.10 Å². The fraction of sp³-hybridized carbons (Fsp3) is 0.348. The summed E-state index contributed by atoms with van der Waals surface area (Å²) < 4.78 is 5.19. The van der Waals surface area contributed by atoms with Gasteiger partial charge in [0.25, 0.3) is 5.89 Å². The number of rotatable bonds is 8. The van der Waals surface area contributed by atoms with E-state index in [1.807, 2.05) is 30.3 Å². The van der Waals surface area contributed by atoms with E-state index in [0.29, 0.717) is 31.7 Å². The van der Waals surface area contributed by atoms with E-state index in [1.54, 1.807) is 0 Å². The Bertz CT molecular complexity index is 955. The van der Waals surface area contributed by atoms with Crippen LogP contribution in [0.4, 0.5) is 0 Å². The van der Waals surface area contributed by atoms with Crippen LogP contribution in [-0.4, -0.2) is 45.1 Å². The molecule has 1 atom stereocenters. The standard InChI is InChI=1S/C23H25N3O3/c27-20(16-26-14-13-17-7-4-5-10-19(17)15-26)11-6-12-21(28)22-24-23(29-25-22)18-8-2-1-3-9-18/h1-5,7-10,20,27H,6,11-16H2. The summed E-state index contributed by atoms with van der Waals surface area (Å²) in [5.74, 6) is 0.292. The molecule has 0 amide bonds. The fourth-order valence-corrected chi connectivity index (χ4v) is 3.74. The van der Waals surface area contributed by atoms with Crippen molar-refractivity contribution in [2.24, 2.45) is 0 Å². The number of β-amino-alcohol motifs (C(OH)–C–C–N with tert-alkyl or cyclic N) is 1. The van der Waals surface area contributed by atoms with Crippen molar-refractivity contribution in [3.63, 3.8) is 0 Å². The zero-order valence-electron chi connectivity index (χ0n) is 16.3. The van der Waals surface area contributed by atoms with Gasteiger partial charge in [-0.25, -0.2) is 0 Å². The average Bonchev–Trinajstić information content (AvgIpc) is 3.25. The number of aliphatic hydroxyl groups excluding tert-OH is 1. The van der Waals surface area contributed by atoms with E-state index in [0.717, 1.165) is 25.1 Å². The highest BCUT2D eigenvalue weighted by Crippen LogP contribution is 2.20. The quantitative estimate of drug-likeness (QED) is 0.592. The number of aliphatic hydroxyl groups is 1. The molecule has 6 nitrogen and oxygen atoms in total. The number of ketones is 1. The van der Waals surface area contributed by atoms with Gasteiger partial charge in [0.2, 0.25) is 11.6 Å². The van der Waals surface area contributed by atoms with Crippen molar-refractivity contribution in [1.29, 1.82) is 0 Å². The second-order valence-electron chi connectivity index (χ2n) is 7.51. The summed E-state index contributed by atoms with van der Waals surface area (Å²) in [6.45, 7) is 2.46. The zero-order valence-corrected chi connectivity index (χ0v) is 16.3. The Kier molecular flexibility index (Phi) is 6.12. The van der Waals surface area contributed by atoms with E-state index in [9.17, 15) is 9.90 Å². The topological polar surface area (TPSA) is 79.5 Å². The molecule has 4 rings (SSSR count). The van der Waals surface area contributed by atoms with Crippen molar-refractivity contribution in [3.8, 4) is 11.5 Å². The molecule has 0 fully saturated rings. The van der Waals surface area contributed by atoms with Crippen LogP contribution in [0.1, 0.15) is 41.0 Å². The van der Waals surface area contributed by atoms with Crippen LogP contribution in [0.15, 0.2) is 59.1 Å². The lowest BCUT2D eigenvalue weighted by molar-refractivity contribution is 0.0894. The third kappa shape index (κ3) is 4.96. The van der Waals surface area contributed by atoms with Crippen LogP contribution in [0.5, 0.6) is 0 Å². The van der Waals surface area contributed by atoms with E-state index >= 15 is 0 Å². The molecule has 0 saturated heterocycles. The summed E-state index contributed by atoms with van der Waals surface area (Å²) in [7, 11) is 0. The monoisotopic (exact) mass is 391 g/mol. The van der Waals surface area contributed by atoms with Gasteiger partial charge in [0.1, 0.15) is 0 Å². The van der Waals surface area contributed by atoms with Crippen LogP contribution in [0.3, 0.4) is 0 Å². The number of fused-ring (bicyclic) bond motifs is 1. The molecule has 3 aromatic rings. The minimum atomic E-state index is -0.446. The lowest BCUT2D eigenvalue weighted by atomic mass is 9.99. The SMILES string of the molecule is O=C(CCCC(O)CN1CCc2ccccc2C1)c1noc(-c2ccccc2)n1. The minimum Gasteiger partial charge on any atom is -0.392 e. The summed E-state index contributed by atoms with van der Waals surface area (Å²) in [6, 6.07) is 17.8. The largest absolute Gasteiger partial charge is 0.392 e. The maximum atomic E-state index is 12.3. The van der Waals surface area contributed by atoms with E-state index < -0.39 is 6.10 Å². The first-order valence-corrected chi connectivity index (χ1v) is 10.1. The first kappa shape index (κ1) is 19.5. The van der Waals surface area contributed by atoms with Gasteiger partial charge >= 0.3 is 0 Å². The van der Waals surface area contributed by atoms with Crippen LogP contribution in [0.2, 0.25) is 0 Å². The first-order valence-electron chi connectivity index (χ1n) is 10.1. The number of hydrogen-bond acceptors (Lipinski definition) is 6. The van der Waals surface area contributed by atoms with Crippen LogP contribution < -0.4 is 0 Å². The zero-order chi connectivity index (χ0) is 20.1. The van der Waals surface area contributed by atoms with Crippen molar-refractivity contribution >= 4 is 5.78 Å². The van der Waals surface area contributed by atoms with Gasteiger partial charge in [0, 0.05) is 31.6 Å². The Hall–Kier alpha value is -2.83. The number of hydrogen-bond donors (Lipinski definition) is 1. The molecule has 0 radical (unpaired) electrons. The molecule has 1 aliphatic heterocycles. The predicted octanol–water partition coefficient (Wildman–Crippen LogP) is 3.51. The van der Waals surface area contributed by atoms with Crippen molar-refractivity contribution < 1.29 is 14.4 Å². The molecule has 6 heteroatoms. The Labute approximate surface area is 170 Å². The molecule has 1 unspecified atom stereocenters. The number of aromatic nitrogens is 2. The van der Waals surface area contributed by atoms with Crippen LogP contribution in [-0.2, 0) is 13.0 Å². The number of carbonyl (C=O) groups is 1. The van der Waals surface area contributed by atoms with Crippen molar-refractivity contribution in [2.75, 3.05) is 13.1 Å². The first-order chi connectivity index (χ1) is 14.2. The highest BCUT2D eigenvalue weighted by Gasteiger charge is 2.19. The van der Waals surface area contributed by atoms with Crippen LogP contribution in [0, 0.1) is 0 Å². The number of nitrogens with zero attached hydrogens (tertiary/aromatic N) is 3. The lowest BCUT2D eigenvalue weighted by Crippen LogP contribution is -2.36. The molecule has 1 N–H and O–H groups in total. The Morgan fingerprint density at radius 3 is 2.69 bits per heavy atom. The van der Waals surface area contributed by atoms with Crippen molar-refractivity contribution in [1.82, 2.24) is 15.0 Å². The summed E-state index contributed by atoms with van der Waals surface area (Å²) >= 11 is 0. The molecule has 29 heavy (non-hydrogen) atoms. The van der Waals surface area contributed by atoms with Crippen molar-refractivity contribution in [2.45, 2.75) is 38.3 Å². The number of Topliss-reactive ketones (excluding diaryl/α,β-unsaturated/α-hetero) is 1. The third-order valence-electron chi connectivity index (χ3n) is 5.32. The van der Waals surface area contributed by atoms with E-state index in [2.05, 4.69) is 39.3 Å². The molecule has 1 aliphatic rings. The molecular weight excluding hydrogens is 366 g/mol. The summed E-state index contributed by atoms with van der Waals surface area (Å²) in [6.07, 6.45) is 2.04. The van der Waals surface area contributed by atoms with Crippen LogP contribution in [0.25, 0.3) is 11.5 Å². The van der Waals surface area contributed by atoms with Gasteiger partial charge in [-0.2, -0.15) is 4.98 Å². The molecule has 1 aromatic heterocycles. The maximum absolute atomic E-state index is 12.3. The van der Waals surface area contributed by atoms with Crippen LogP contribution >= 0.6 is 0 Å². The Morgan fingerprint density at radius 1 is 1.10 bits per heavy atom. The fourth-order valence-electron chi connectivity index (χ4n) is 3.74. The minimum absolute atomic E-state index is 0.103. The highest BCUT2D eigenvalue weighted by molar-refractivity contribution is 5.92. The van der Waals surface area contributed by atoms with Gasteiger partial charge in [-0.1, -0.05) is 47.6 Å². The molecule has 150 valence electrons. The Morgan fingerprint density at radius 2 is 1.86 bits per heavy atom. The number of benzene rings is 2. The van der Waals surface area contributed by atoms with Crippen molar-refractivity contribution in [3.05, 3.63) is 71.5 Å². The molecule has 0 bridgehead atoms. The highest BCUT2D eigenvalue weighted by atomic mass is 16.5. The molecule has 0 aliphatic carbocycles. The van der Waals surface area contributed by atoms with Gasteiger partial charge in [-0.15, -0.1) is 0 Å². The molecule has 2 heterocycles. The molecular formula is C23H25N3O3. The van der Waals surface area contributed by atoms with Gasteiger partial charge < -0.3 is 9.63 Å². The second kappa shape index (κ2) is 9.11. The Balaban J connectivity index is 1.22. The van der Waals surface area contributed by atoms with E-state index in [1.165, 1.54) is 11.1 Å². The molecule has 0 spiro atoms. The number of carbonyl (C=O) groups excluding carboxylic acids is 1. The second-order valence-corrected chi connectivity index (χ2v) is 7.51. The van der Waals surface area contributed by atoms with Gasteiger partial charge in [-0.3, -0.25) is 9.69 Å². The van der Waals surface area contributed by atoms with E-state index in [-0.39, 0.29) is 11.6 Å². The summed E-state index contributed by atoms with van der Waals surface area (Å²) in [5.41, 5.74) is 3.53. The predicted molar refractivity (Wildman–Crippen MR) is 109 cm³/mol. The smallest absolute Gasteiger partial charge is 0.258 e. The normalized spacial score (nSPS) is 15.1. The van der Waals surface area contributed by atoms with Gasteiger partial charge in [-0.05, 0) is 42.5 Å². The molecule has 0 saturated carbocycles. The maximum Gasteiger partial charge on any atom is 0.258 e. The van der Waals surface area contributed by atoms with Gasteiger partial charge in [0.15, 0.2) is 0 Å². The third-order valence-corrected chi connectivity index (χ3v) is 5.32. The lowest BCUT2D eigenvalue weighted by Gasteiger charge is -2.30. The molecule has 2 aromatic carbocycles. The summed E-state index contributed by atoms with van der Waals surface area (Å²) in [5, 5.41) is 14.2. The average molecular weight is 391 g/mol. The van der Waals surface area contributed by atoms with E-state index in [4.69, 9.17) is 4.52 Å². The summed E-state index contributed by atoms with van der Waals surface area (Å²) in [4.78, 5) is 18.8.